The molecule has 1 fully saturated rings. The number of benzene rings is 1. The molecule has 1 aromatic carbocycles. The van der Waals surface area contributed by atoms with Crippen molar-refractivity contribution in [3.05, 3.63) is 29.8 Å². The Labute approximate surface area is 96.0 Å². The molecule has 0 aromatic heterocycles. The van der Waals surface area contributed by atoms with Gasteiger partial charge in [-0.05, 0) is 38.3 Å². The molecule has 0 aliphatic heterocycles. The minimum atomic E-state index is -3.35. The molecule has 0 amide bonds. The van der Waals surface area contributed by atoms with Gasteiger partial charge in [0.05, 0.1) is 16.2 Å². The van der Waals surface area contributed by atoms with Crippen molar-refractivity contribution in [1.29, 1.82) is 0 Å². The van der Waals surface area contributed by atoms with Crippen LogP contribution >= 0.6 is 0 Å². The molecule has 0 heterocycles. The van der Waals surface area contributed by atoms with Gasteiger partial charge in [-0.1, -0.05) is 17.7 Å². The number of aryl methyl sites for hydroxylation is 1. The lowest BCUT2D eigenvalue weighted by Crippen LogP contribution is -2.29. The largest absolute Gasteiger partial charge is 0.392 e. The van der Waals surface area contributed by atoms with Crippen molar-refractivity contribution in [2.24, 2.45) is 0 Å². The van der Waals surface area contributed by atoms with Crippen LogP contribution in [0.3, 0.4) is 0 Å². The summed E-state index contributed by atoms with van der Waals surface area (Å²) in [6, 6.07) is 6.81. The minimum Gasteiger partial charge on any atom is -0.392 e. The number of sulfone groups is 1. The van der Waals surface area contributed by atoms with E-state index < -0.39 is 21.2 Å². The zero-order valence-electron chi connectivity index (χ0n) is 9.26. The molecule has 2 atom stereocenters. The fourth-order valence-electron chi connectivity index (χ4n) is 2.17. The van der Waals surface area contributed by atoms with E-state index in [-0.39, 0.29) is 0 Å². The Morgan fingerprint density at radius 2 is 1.81 bits per heavy atom. The summed E-state index contributed by atoms with van der Waals surface area (Å²) in [6.07, 6.45) is 1.25. The molecule has 1 aromatic rings. The van der Waals surface area contributed by atoms with E-state index in [0.29, 0.717) is 17.7 Å². The van der Waals surface area contributed by atoms with E-state index in [4.69, 9.17) is 0 Å². The number of hydrogen-bond donors (Lipinski definition) is 1. The Morgan fingerprint density at radius 3 is 2.31 bits per heavy atom. The van der Waals surface area contributed by atoms with Gasteiger partial charge in [0.2, 0.25) is 0 Å². The number of aliphatic hydroxyl groups is 1. The highest BCUT2D eigenvalue weighted by Gasteiger charge is 2.37. The highest BCUT2D eigenvalue weighted by molar-refractivity contribution is 7.92. The van der Waals surface area contributed by atoms with Gasteiger partial charge in [0.25, 0.3) is 0 Å². The Bertz CT molecular complexity index is 462. The highest BCUT2D eigenvalue weighted by Crippen LogP contribution is 2.29. The Kier molecular flexibility index (Phi) is 3.04. The summed E-state index contributed by atoms with van der Waals surface area (Å²) in [5.74, 6) is 0. The highest BCUT2D eigenvalue weighted by atomic mass is 32.2. The predicted octanol–water partition coefficient (Wildman–Crippen LogP) is 1.68. The van der Waals surface area contributed by atoms with Gasteiger partial charge < -0.3 is 5.11 Å². The summed E-state index contributed by atoms with van der Waals surface area (Å²) in [5.41, 5.74) is 1.03. The van der Waals surface area contributed by atoms with Gasteiger partial charge in [-0.25, -0.2) is 8.42 Å². The van der Waals surface area contributed by atoms with Gasteiger partial charge in [0.1, 0.15) is 0 Å². The summed E-state index contributed by atoms with van der Waals surface area (Å²) in [5, 5.41) is 9.05. The molecule has 0 radical (unpaired) electrons. The molecule has 0 unspecified atom stereocenters. The summed E-state index contributed by atoms with van der Waals surface area (Å²) in [4.78, 5) is 0.323. The zero-order chi connectivity index (χ0) is 11.8. The van der Waals surface area contributed by atoms with Crippen molar-refractivity contribution in [1.82, 2.24) is 0 Å². The van der Waals surface area contributed by atoms with Crippen molar-refractivity contribution in [3.63, 3.8) is 0 Å². The van der Waals surface area contributed by atoms with Crippen LogP contribution in [0.4, 0.5) is 0 Å². The lowest BCUT2D eigenvalue weighted by atomic mass is 10.2. The molecule has 4 heteroatoms. The van der Waals surface area contributed by atoms with Crippen LogP contribution in [0.2, 0.25) is 0 Å². The maximum absolute atomic E-state index is 12.2. The van der Waals surface area contributed by atoms with Crippen LogP contribution in [0.5, 0.6) is 0 Å². The second kappa shape index (κ2) is 4.18. The molecule has 1 saturated carbocycles. The SMILES string of the molecule is Cc1ccc(S(=O)(=O)[C@@H]2CCC[C@H]2O)cc1. The number of rotatable bonds is 2. The third kappa shape index (κ3) is 1.99. The first-order valence-corrected chi connectivity index (χ1v) is 7.05. The van der Waals surface area contributed by atoms with Crippen LogP contribution in [0, 0.1) is 6.92 Å². The van der Waals surface area contributed by atoms with Gasteiger partial charge in [0.15, 0.2) is 9.84 Å². The molecule has 0 bridgehead atoms. The van der Waals surface area contributed by atoms with Crippen molar-refractivity contribution in [2.45, 2.75) is 42.4 Å². The third-order valence-corrected chi connectivity index (χ3v) is 5.44. The lowest BCUT2D eigenvalue weighted by Gasteiger charge is -2.15. The first-order valence-electron chi connectivity index (χ1n) is 5.50. The average molecular weight is 240 g/mol. The van der Waals surface area contributed by atoms with Crippen LogP contribution in [-0.2, 0) is 9.84 Å². The van der Waals surface area contributed by atoms with E-state index in [1.165, 1.54) is 0 Å². The number of aliphatic hydroxyl groups excluding tert-OH is 1. The molecule has 3 nitrogen and oxygen atoms in total. The first-order chi connectivity index (χ1) is 7.51. The smallest absolute Gasteiger partial charge is 0.183 e. The van der Waals surface area contributed by atoms with Crippen LogP contribution < -0.4 is 0 Å². The second-order valence-electron chi connectivity index (χ2n) is 4.39. The Hall–Kier alpha value is -0.870. The molecular weight excluding hydrogens is 224 g/mol. The molecule has 1 aliphatic rings. The van der Waals surface area contributed by atoms with E-state index in [9.17, 15) is 13.5 Å². The molecule has 1 aliphatic carbocycles. The monoisotopic (exact) mass is 240 g/mol. The van der Waals surface area contributed by atoms with Crippen molar-refractivity contribution < 1.29 is 13.5 Å². The van der Waals surface area contributed by atoms with E-state index >= 15 is 0 Å². The first kappa shape index (κ1) is 11.6. The van der Waals surface area contributed by atoms with Gasteiger partial charge in [0, 0.05) is 0 Å². The molecule has 16 heavy (non-hydrogen) atoms. The van der Waals surface area contributed by atoms with E-state index in [1.807, 2.05) is 6.92 Å². The van der Waals surface area contributed by atoms with Crippen molar-refractivity contribution in [3.8, 4) is 0 Å². The summed E-state index contributed by atoms with van der Waals surface area (Å²) in [6.45, 7) is 1.92. The third-order valence-electron chi connectivity index (χ3n) is 3.17. The van der Waals surface area contributed by atoms with Gasteiger partial charge in [-0.3, -0.25) is 0 Å². The maximum atomic E-state index is 12.2. The molecule has 88 valence electrons. The van der Waals surface area contributed by atoms with Crippen LogP contribution in [0.1, 0.15) is 24.8 Å². The Morgan fingerprint density at radius 1 is 1.19 bits per heavy atom. The fraction of sp³-hybridized carbons (Fsp3) is 0.500. The second-order valence-corrected chi connectivity index (χ2v) is 6.56. The van der Waals surface area contributed by atoms with Gasteiger partial charge in [-0.15, -0.1) is 0 Å². The maximum Gasteiger partial charge on any atom is 0.183 e. The van der Waals surface area contributed by atoms with Gasteiger partial charge >= 0.3 is 0 Å². The molecular formula is C12H16O3S. The van der Waals surface area contributed by atoms with E-state index in [2.05, 4.69) is 0 Å². The van der Waals surface area contributed by atoms with E-state index in [1.54, 1.807) is 24.3 Å². The zero-order valence-corrected chi connectivity index (χ0v) is 10.1. The predicted molar refractivity (Wildman–Crippen MR) is 62.0 cm³/mol. The fourth-order valence-corrected chi connectivity index (χ4v) is 4.06. The van der Waals surface area contributed by atoms with Crippen LogP contribution in [0.15, 0.2) is 29.2 Å². The standard InChI is InChI=1S/C12H16O3S/c1-9-5-7-10(8-6-9)16(14,15)12-4-2-3-11(12)13/h5-8,11-13H,2-4H2,1H3/t11-,12-/m1/s1. The Balaban J connectivity index is 2.35. The molecule has 0 saturated heterocycles. The summed E-state index contributed by atoms with van der Waals surface area (Å²) < 4.78 is 24.4. The van der Waals surface area contributed by atoms with Gasteiger partial charge in [-0.2, -0.15) is 0 Å². The summed E-state index contributed by atoms with van der Waals surface area (Å²) in [7, 11) is -3.35. The normalized spacial score (nSPS) is 25.9. The molecule has 2 rings (SSSR count). The van der Waals surface area contributed by atoms with Crippen molar-refractivity contribution >= 4 is 9.84 Å². The van der Waals surface area contributed by atoms with Crippen LogP contribution in [-0.4, -0.2) is 24.9 Å². The average Bonchev–Trinajstić information content (AvgIpc) is 2.66. The van der Waals surface area contributed by atoms with Crippen molar-refractivity contribution in [2.75, 3.05) is 0 Å². The minimum absolute atomic E-state index is 0.323. The lowest BCUT2D eigenvalue weighted by molar-refractivity contribution is 0.185. The summed E-state index contributed by atoms with van der Waals surface area (Å²) >= 11 is 0. The van der Waals surface area contributed by atoms with Crippen LogP contribution in [0.25, 0.3) is 0 Å². The quantitative estimate of drug-likeness (QED) is 0.855. The number of hydrogen-bond acceptors (Lipinski definition) is 3. The van der Waals surface area contributed by atoms with E-state index in [0.717, 1.165) is 12.0 Å². The molecule has 0 spiro atoms. The molecule has 1 N–H and O–H groups in total. The topological polar surface area (TPSA) is 54.4 Å².